The fourth-order valence-electron chi connectivity index (χ4n) is 2.57. The first-order valence-electron chi connectivity index (χ1n) is 7.55. The molecule has 106 valence electrons. The van der Waals surface area contributed by atoms with E-state index in [2.05, 4.69) is 62.3 Å². The Morgan fingerprint density at radius 3 is 2.37 bits per heavy atom. The first-order valence-corrected chi connectivity index (χ1v) is 7.55. The van der Waals surface area contributed by atoms with Gasteiger partial charge in [-0.1, -0.05) is 43.7 Å². The van der Waals surface area contributed by atoms with Crippen molar-refractivity contribution in [1.29, 1.82) is 0 Å². The predicted molar refractivity (Wildman–Crippen MR) is 82.3 cm³/mol. The van der Waals surface area contributed by atoms with E-state index < -0.39 is 0 Å². The van der Waals surface area contributed by atoms with Gasteiger partial charge in [-0.3, -0.25) is 4.90 Å². The van der Waals surface area contributed by atoms with E-state index in [-0.39, 0.29) is 0 Å². The van der Waals surface area contributed by atoms with Crippen molar-refractivity contribution in [2.45, 2.75) is 52.2 Å². The van der Waals surface area contributed by atoms with Crippen LogP contribution in [-0.4, -0.2) is 30.6 Å². The minimum Gasteiger partial charge on any atom is -0.312 e. The maximum atomic E-state index is 3.67. The van der Waals surface area contributed by atoms with E-state index in [0.717, 1.165) is 19.1 Å². The third-order valence-electron chi connectivity index (χ3n) is 4.08. The molecule has 1 N–H and O–H groups in total. The molecule has 19 heavy (non-hydrogen) atoms. The van der Waals surface area contributed by atoms with Crippen molar-refractivity contribution in [3.05, 3.63) is 35.4 Å². The molecule has 1 saturated carbocycles. The molecule has 1 fully saturated rings. The lowest BCUT2D eigenvalue weighted by Crippen LogP contribution is -2.43. The van der Waals surface area contributed by atoms with E-state index in [9.17, 15) is 0 Å². The summed E-state index contributed by atoms with van der Waals surface area (Å²) in [5, 5.41) is 3.67. The molecule has 0 amide bonds. The summed E-state index contributed by atoms with van der Waals surface area (Å²) in [7, 11) is 2.25. The van der Waals surface area contributed by atoms with Gasteiger partial charge in [0, 0.05) is 25.2 Å². The van der Waals surface area contributed by atoms with E-state index >= 15 is 0 Å². The van der Waals surface area contributed by atoms with Crippen LogP contribution in [0.3, 0.4) is 0 Å². The molecular weight excluding hydrogens is 232 g/mol. The van der Waals surface area contributed by atoms with Crippen molar-refractivity contribution in [2.75, 3.05) is 13.6 Å². The molecule has 1 aromatic rings. The first-order chi connectivity index (χ1) is 9.06. The molecule has 0 radical (unpaired) electrons. The standard InChI is InChI=1S/C17H28N2/c1-13(2)17(11-18-16-9-10-16)19(4)12-15-7-5-14(3)6-8-15/h5-8,13,16-18H,9-12H2,1-4H3. The summed E-state index contributed by atoms with van der Waals surface area (Å²) in [6, 6.07) is 10.3. The lowest BCUT2D eigenvalue weighted by Gasteiger charge is -2.31. The number of nitrogens with zero attached hydrogens (tertiary/aromatic N) is 1. The lowest BCUT2D eigenvalue weighted by atomic mass is 10.0. The van der Waals surface area contributed by atoms with Gasteiger partial charge in [0.2, 0.25) is 0 Å². The average molecular weight is 260 g/mol. The molecular formula is C17H28N2. The maximum Gasteiger partial charge on any atom is 0.0244 e. The molecule has 0 heterocycles. The molecule has 1 aliphatic rings. The smallest absolute Gasteiger partial charge is 0.0244 e. The largest absolute Gasteiger partial charge is 0.312 e. The van der Waals surface area contributed by atoms with Gasteiger partial charge in [-0.25, -0.2) is 0 Å². The molecule has 0 bridgehead atoms. The van der Waals surface area contributed by atoms with E-state index in [1.807, 2.05) is 0 Å². The second-order valence-electron chi connectivity index (χ2n) is 6.39. The minimum absolute atomic E-state index is 0.613. The molecule has 0 spiro atoms. The summed E-state index contributed by atoms with van der Waals surface area (Å²) in [6.07, 6.45) is 2.74. The van der Waals surface area contributed by atoms with Crippen molar-refractivity contribution in [3.63, 3.8) is 0 Å². The number of hydrogen-bond donors (Lipinski definition) is 1. The summed E-state index contributed by atoms with van der Waals surface area (Å²) in [6.45, 7) is 8.94. The van der Waals surface area contributed by atoms with E-state index in [0.29, 0.717) is 12.0 Å². The zero-order valence-electron chi connectivity index (χ0n) is 12.8. The number of hydrogen-bond acceptors (Lipinski definition) is 2. The van der Waals surface area contributed by atoms with Gasteiger partial charge in [0.15, 0.2) is 0 Å². The zero-order valence-corrected chi connectivity index (χ0v) is 12.8. The zero-order chi connectivity index (χ0) is 13.8. The highest BCUT2D eigenvalue weighted by molar-refractivity contribution is 5.21. The van der Waals surface area contributed by atoms with Crippen LogP contribution in [0.4, 0.5) is 0 Å². The van der Waals surface area contributed by atoms with Gasteiger partial charge in [0.25, 0.3) is 0 Å². The molecule has 1 unspecified atom stereocenters. The van der Waals surface area contributed by atoms with Crippen molar-refractivity contribution < 1.29 is 0 Å². The molecule has 1 aliphatic carbocycles. The van der Waals surface area contributed by atoms with E-state index in [4.69, 9.17) is 0 Å². The van der Waals surface area contributed by atoms with Gasteiger partial charge in [0.05, 0.1) is 0 Å². The Morgan fingerprint density at radius 1 is 1.21 bits per heavy atom. The molecule has 1 atom stereocenters. The lowest BCUT2D eigenvalue weighted by molar-refractivity contribution is 0.179. The second-order valence-corrected chi connectivity index (χ2v) is 6.39. The fraction of sp³-hybridized carbons (Fsp3) is 0.647. The summed E-state index contributed by atoms with van der Waals surface area (Å²) >= 11 is 0. The molecule has 0 aliphatic heterocycles. The third-order valence-corrected chi connectivity index (χ3v) is 4.08. The number of nitrogens with one attached hydrogen (secondary N) is 1. The van der Waals surface area contributed by atoms with Crippen LogP contribution in [0.5, 0.6) is 0 Å². The molecule has 0 aromatic heterocycles. The van der Waals surface area contributed by atoms with Crippen molar-refractivity contribution in [3.8, 4) is 0 Å². The molecule has 1 aromatic carbocycles. The Hall–Kier alpha value is -0.860. The van der Waals surface area contributed by atoms with Crippen molar-refractivity contribution in [1.82, 2.24) is 10.2 Å². The van der Waals surface area contributed by atoms with Gasteiger partial charge < -0.3 is 5.32 Å². The Labute approximate surface area is 118 Å². The highest BCUT2D eigenvalue weighted by Gasteiger charge is 2.24. The van der Waals surface area contributed by atoms with Gasteiger partial charge in [-0.15, -0.1) is 0 Å². The Morgan fingerprint density at radius 2 is 1.84 bits per heavy atom. The van der Waals surface area contributed by atoms with Gasteiger partial charge in [-0.2, -0.15) is 0 Å². The van der Waals surface area contributed by atoms with Crippen LogP contribution < -0.4 is 5.32 Å². The third kappa shape index (κ3) is 4.63. The molecule has 2 rings (SSSR count). The average Bonchev–Trinajstić information content (AvgIpc) is 3.16. The van der Waals surface area contributed by atoms with Crippen LogP contribution in [-0.2, 0) is 6.54 Å². The number of aryl methyl sites for hydroxylation is 1. The van der Waals surface area contributed by atoms with Crippen LogP contribution in [0.15, 0.2) is 24.3 Å². The van der Waals surface area contributed by atoms with E-state index in [1.54, 1.807) is 0 Å². The topological polar surface area (TPSA) is 15.3 Å². The monoisotopic (exact) mass is 260 g/mol. The van der Waals surface area contributed by atoms with Gasteiger partial charge in [-0.05, 0) is 38.3 Å². The SMILES string of the molecule is Cc1ccc(CN(C)C(CNC2CC2)C(C)C)cc1. The number of likely N-dealkylation sites (N-methyl/N-ethyl adjacent to an activating group) is 1. The van der Waals surface area contributed by atoms with E-state index in [1.165, 1.54) is 24.0 Å². The maximum absolute atomic E-state index is 3.67. The Balaban J connectivity index is 1.89. The predicted octanol–water partition coefficient (Wildman–Crippen LogP) is 3.20. The quantitative estimate of drug-likeness (QED) is 0.810. The summed E-state index contributed by atoms with van der Waals surface area (Å²) < 4.78 is 0. The van der Waals surface area contributed by atoms with Crippen LogP contribution in [0.25, 0.3) is 0 Å². The fourth-order valence-corrected chi connectivity index (χ4v) is 2.57. The molecule has 0 saturated heterocycles. The molecule has 2 nitrogen and oxygen atoms in total. The normalized spacial score (nSPS) is 17.2. The van der Waals surface area contributed by atoms with Crippen LogP contribution in [0.1, 0.15) is 37.8 Å². The Bertz CT molecular complexity index is 379. The molecule has 2 heteroatoms. The van der Waals surface area contributed by atoms with Crippen molar-refractivity contribution in [2.24, 2.45) is 5.92 Å². The van der Waals surface area contributed by atoms with Gasteiger partial charge in [0.1, 0.15) is 0 Å². The van der Waals surface area contributed by atoms with Gasteiger partial charge >= 0.3 is 0 Å². The van der Waals surface area contributed by atoms with Crippen molar-refractivity contribution >= 4 is 0 Å². The number of benzene rings is 1. The minimum atomic E-state index is 0.613. The summed E-state index contributed by atoms with van der Waals surface area (Å²) in [5.41, 5.74) is 2.74. The van der Waals surface area contributed by atoms with Crippen LogP contribution >= 0.6 is 0 Å². The summed E-state index contributed by atoms with van der Waals surface area (Å²) in [5.74, 6) is 0.682. The Kier molecular flexibility index (Phi) is 5.00. The second kappa shape index (κ2) is 6.53. The van der Waals surface area contributed by atoms with Crippen LogP contribution in [0.2, 0.25) is 0 Å². The first kappa shape index (κ1) is 14.5. The van der Waals surface area contributed by atoms with Crippen LogP contribution in [0, 0.1) is 12.8 Å². The highest BCUT2D eigenvalue weighted by atomic mass is 15.2. The highest BCUT2D eigenvalue weighted by Crippen LogP contribution is 2.20. The summed E-state index contributed by atoms with van der Waals surface area (Å²) in [4.78, 5) is 2.49. The number of rotatable bonds is 7.